The van der Waals surface area contributed by atoms with Gasteiger partial charge in [-0.05, 0) is 18.9 Å². The van der Waals surface area contributed by atoms with Crippen LogP contribution in [0.15, 0.2) is 29.1 Å². The summed E-state index contributed by atoms with van der Waals surface area (Å²) in [5.74, 6) is -0.406. The fourth-order valence-corrected chi connectivity index (χ4v) is 4.81. The number of para-hydroxylation sites is 1. The van der Waals surface area contributed by atoms with Crippen LogP contribution in [0.25, 0.3) is 21.8 Å². The molecule has 3 heterocycles. The molecule has 2 aromatic heterocycles. The van der Waals surface area contributed by atoms with E-state index in [9.17, 15) is 14.4 Å². The zero-order valence-corrected chi connectivity index (χ0v) is 19.7. The van der Waals surface area contributed by atoms with Gasteiger partial charge in [0.25, 0.3) is 11.5 Å². The molecule has 0 unspecified atom stereocenters. The molecule has 2 amide bonds. The highest BCUT2D eigenvalue weighted by molar-refractivity contribution is 6.12. The maximum Gasteiger partial charge on any atom is 0.272 e. The number of hydrogen-bond acceptors (Lipinski definition) is 6. The number of aliphatic hydroxyl groups is 1. The molecule has 10 heteroatoms. The summed E-state index contributed by atoms with van der Waals surface area (Å²) >= 11 is 0. The maximum absolute atomic E-state index is 13.6. The van der Waals surface area contributed by atoms with Crippen molar-refractivity contribution in [1.29, 1.82) is 0 Å². The zero-order chi connectivity index (χ0) is 24.4. The summed E-state index contributed by atoms with van der Waals surface area (Å²) in [4.78, 5) is 40.3. The maximum atomic E-state index is 13.6. The molecule has 0 saturated carbocycles. The molecule has 1 aliphatic heterocycles. The van der Waals surface area contributed by atoms with E-state index in [-0.39, 0.29) is 34.9 Å². The van der Waals surface area contributed by atoms with Crippen molar-refractivity contribution in [2.75, 3.05) is 40.5 Å². The van der Waals surface area contributed by atoms with Crippen molar-refractivity contribution in [3.05, 3.63) is 40.3 Å². The number of rotatable bonds is 7. The summed E-state index contributed by atoms with van der Waals surface area (Å²) in [6, 6.07) is 7.45. The Hall–Kier alpha value is -3.37. The Morgan fingerprint density at radius 2 is 1.88 bits per heavy atom. The quantitative estimate of drug-likeness (QED) is 0.529. The lowest BCUT2D eigenvalue weighted by molar-refractivity contribution is -0.135. The number of aliphatic hydroxyl groups excluding tert-OH is 1. The third-order valence-corrected chi connectivity index (χ3v) is 6.52. The van der Waals surface area contributed by atoms with Gasteiger partial charge in [-0.25, -0.2) is 0 Å². The van der Waals surface area contributed by atoms with Crippen molar-refractivity contribution in [2.24, 2.45) is 7.05 Å². The third-order valence-electron chi connectivity index (χ3n) is 6.52. The molecule has 0 radical (unpaired) electrons. The second-order valence-corrected chi connectivity index (χ2v) is 8.42. The molecule has 10 nitrogen and oxygen atoms in total. The van der Waals surface area contributed by atoms with Crippen molar-refractivity contribution in [3.8, 4) is 5.75 Å². The highest BCUT2D eigenvalue weighted by atomic mass is 16.5. The van der Waals surface area contributed by atoms with Crippen molar-refractivity contribution in [1.82, 2.24) is 19.4 Å². The van der Waals surface area contributed by atoms with Gasteiger partial charge < -0.3 is 33.9 Å². The number of aryl methyl sites for hydroxylation is 1. The van der Waals surface area contributed by atoms with Crippen LogP contribution in [0.2, 0.25) is 0 Å². The van der Waals surface area contributed by atoms with Gasteiger partial charge in [0.05, 0.1) is 24.8 Å². The second-order valence-electron chi connectivity index (χ2n) is 8.42. The number of nitrogens with zero attached hydrogens (tertiary/aromatic N) is 3. The number of nitrogens with one attached hydrogen (secondary N) is 1. The fourth-order valence-electron chi connectivity index (χ4n) is 4.81. The van der Waals surface area contributed by atoms with E-state index < -0.39 is 6.61 Å². The monoisotopic (exact) mass is 470 g/mol. The summed E-state index contributed by atoms with van der Waals surface area (Å²) in [5.41, 5.74) is 1.43. The molecule has 3 aromatic rings. The minimum absolute atomic E-state index is 0.131. The number of aromatic nitrogens is 2. The standard InChI is InChI=1S/C24H30N4O6/c1-26-20-16-6-4-5-7-17(16)28(12-13-33-2)24(32)19(20)22(34-3)21(26)23(31)25-15-8-10-27(11-9-15)18(30)14-29/h4-7,15,29H,8-14H2,1-3H3,(H,25,31). The molecule has 1 aliphatic rings. The van der Waals surface area contributed by atoms with Gasteiger partial charge in [-0.1, -0.05) is 18.2 Å². The Bertz CT molecular complexity index is 1290. The second kappa shape index (κ2) is 9.86. The van der Waals surface area contributed by atoms with Gasteiger partial charge in [0.2, 0.25) is 5.91 Å². The van der Waals surface area contributed by atoms with Crippen LogP contribution in [0.1, 0.15) is 23.3 Å². The molecule has 182 valence electrons. The molecule has 0 atom stereocenters. The number of fused-ring (bicyclic) bond motifs is 3. The first kappa shape index (κ1) is 23.8. The van der Waals surface area contributed by atoms with E-state index in [1.165, 1.54) is 7.11 Å². The van der Waals surface area contributed by atoms with E-state index in [0.29, 0.717) is 50.0 Å². The number of carbonyl (C=O) groups excluding carboxylic acids is 2. The summed E-state index contributed by atoms with van der Waals surface area (Å²) < 4.78 is 14.2. The highest BCUT2D eigenvalue weighted by Crippen LogP contribution is 2.34. The van der Waals surface area contributed by atoms with Crippen molar-refractivity contribution in [2.45, 2.75) is 25.4 Å². The van der Waals surface area contributed by atoms with Gasteiger partial charge in [-0.3, -0.25) is 14.4 Å². The minimum Gasteiger partial charge on any atom is -0.493 e. The first-order chi connectivity index (χ1) is 16.4. The van der Waals surface area contributed by atoms with Crippen LogP contribution in [0.4, 0.5) is 0 Å². The van der Waals surface area contributed by atoms with Crippen LogP contribution in [0.3, 0.4) is 0 Å². The van der Waals surface area contributed by atoms with E-state index >= 15 is 0 Å². The Labute approximate surface area is 196 Å². The van der Waals surface area contributed by atoms with Crippen LogP contribution in [-0.4, -0.2) is 77.5 Å². The number of amides is 2. The molecule has 4 rings (SSSR count). The highest BCUT2D eigenvalue weighted by Gasteiger charge is 2.30. The van der Waals surface area contributed by atoms with E-state index in [1.54, 1.807) is 28.2 Å². The Morgan fingerprint density at radius 3 is 2.53 bits per heavy atom. The van der Waals surface area contributed by atoms with E-state index in [0.717, 1.165) is 10.9 Å². The average molecular weight is 471 g/mol. The van der Waals surface area contributed by atoms with Crippen LogP contribution in [0, 0.1) is 0 Å². The minimum atomic E-state index is -0.514. The summed E-state index contributed by atoms with van der Waals surface area (Å²) in [6.45, 7) is 1.16. The van der Waals surface area contributed by atoms with E-state index in [4.69, 9.17) is 14.6 Å². The molecule has 2 N–H and O–H groups in total. The summed E-state index contributed by atoms with van der Waals surface area (Å²) in [7, 11) is 4.80. The number of ether oxygens (including phenoxy) is 2. The molecule has 1 fully saturated rings. The number of piperidine rings is 1. The number of benzene rings is 1. The first-order valence-electron chi connectivity index (χ1n) is 11.3. The number of carbonyl (C=O) groups is 2. The number of pyridine rings is 1. The largest absolute Gasteiger partial charge is 0.493 e. The number of methoxy groups -OCH3 is 2. The summed E-state index contributed by atoms with van der Waals surface area (Å²) in [6.07, 6.45) is 1.16. The molecule has 1 aromatic carbocycles. The fraction of sp³-hybridized carbons (Fsp3) is 0.458. The van der Waals surface area contributed by atoms with Crippen molar-refractivity contribution >= 4 is 33.6 Å². The zero-order valence-electron chi connectivity index (χ0n) is 19.7. The first-order valence-corrected chi connectivity index (χ1v) is 11.3. The van der Waals surface area contributed by atoms with Gasteiger partial charge >= 0.3 is 0 Å². The van der Waals surface area contributed by atoms with Gasteiger partial charge in [0.1, 0.15) is 12.0 Å². The van der Waals surface area contributed by atoms with Gasteiger partial charge in [-0.2, -0.15) is 0 Å². The Morgan fingerprint density at radius 1 is 1.18 bits per heavy atom. The summed E-state index contributed by atoms with van der Waals surface area (Å²) in [5, 5.41) is 13.3. The van der Waals surface area contributed by atoms with Crippen LogP contribution >= 0.6 is 0 Å². The molecular weight excluding hydrogens is 440 g/mol. The number of hydrogen-bond donors (Lipinski definition) is 2. The van der Waals surface area contributed by atoms with E-state index in [2.05, 4.69) is 5.32 Å². The SMILES string of the molecule is COCCn1c(=O)c2c(OC)c(C(=O)NC3CCN(C(=O)CO)CC3)n(C)c2c2ccccc21. The smallest absolute Gasteiger partial charge is 0.272 e. The van der Waals surface area contributed by atoms with E-state index in [1.807, 2.05) is 24.3 Å². The molecule has 0 spiro atoms. The van der Waals surface area contributed by atoms with Crippen molar-refractivity contribution < 1.29 is 24.2 Å². The topological polar surface area (TPSA) is 115 Å². The molecule has 0 bridgehead atoms. The Kier molecular flexibility index (Phi) is 6.90. The molecule has 1 saturated heterocycles. The van der Waals surface area contributed by atoms with Crippen molar-refractivity contribution in [3.63, 3.8) is 0 Å². The average Bonchev–Trinajstić information content (AvgIpc) is 3.16. The van der Waals surface area contributed by atoms with Gasteiger partial charge in [0.15, 0.2) is 11.4 Å². The Balaban J connectivity index is 1.75. The third kappa shape index (κ3) is 4.03. The lowest BCUT2D eigenvalue weighted by Gasteiger charge is -2.32. The number of likely N-dealkylation sites (tertiary alicyclic amines) is 1. The van der Waals surface area contributed by atoms with Crippen LogP contribution < -0.4 is 15.6 Å². The predicted molar refractivity (Wildman–Crippen MR) is 127 cm³/mol. The normalized spacial score (nSPS) is 14.6. The lowest BCUT2D eigenvalue weighted by Crippen LogP contribution is -2.47. The predicted octanol–water partition coefficient (Wildman–Crippen LogP) is 0.861. The van der Waals surface area contributed by atoms with Crippen LogP contribution in [0.5, 0.6) is 5.75 Å². The molecule has 0 aliphatic carbocycles. The van der Waals surface area contributed by atoms with Gasteiger partial charge in [0, 0.05) is 45.2 Å². The molecular formula is C24H30N4O6. The van der Waals surface area contributed by atoms with Gasteiger partial charge in [-0.15, -0.1) is 0 Å². The lowest BCUT2D eigenvalue weighted by atomic mass is 10.0. The molecule has 34 heavy (non-hydrogen) atoms. The van der Waals surface area contributed by atoms with Crippen LogP contribution in [-0.2, 0) is 23.1 Å².